The van der Waals surface area contributed by atoms with E-state index in [1.807, 2.05) is 32.0 Å². The molecule has 15 heteroatoms. The third-order valence-electron chi connectivity index (χ3n) is 6.62. The van der Waals surface area contributed by atoms with E-state index in [-0.39, 0.29) is 23.8 Å². The predicted molar refractivity (Wildman–Crippen MR) is 171 cm³/mol. The number of rotatable bonds is 16. The molecule has 0 saturated heterocycles. The maximum Gasteiger partial charge on any atom is 0.407 e. The minimum Gasteiger partial charge on any atom is -0.448 e. The first kappa shape index (κ1) is 34.2. The van der Waals surface area contributed by atoms with Crippen molar-refractivity contribution in [2.24, 2.45) is 10.2 Å². The van der Waals surface area contributed by atoms with E-state index in [0.29, 0.717) is 43.2 Å². The van der Waals surface area contributed by atoms with Crippen molar-refractivity contribution in [1.29, 1.82) is 0 Å². The molecule has 0 saturated carbocycles. The van der Waals surface area contributed by atoms with E-state index in [1.165, 1.54) is 18.2 Å². The number of alkyl carbamates (subject to hydrolysis) is 1. The number of anilines is 2. The summed E-state index contributed by atoms with van der Waals surface area (Å²) in [6.07, 6.45) is 2.84. The van der Waals surface area contributed by atoms with Gasteiger partial charge in [0.25, 0.3) is 11.2 Å². The summed E-state index contributed by atoms with van der Waals surface area (Å²) in [5.41, 5.74) is 3.24. The van der Waals surface area contributed by atoms with Gasteiger partial charge in [-0.05, 0) is 69.5 Å². The summed E-state index contributed by atoms with van der Waals surface area (Å²) >= 11 is 0. The van der Waals surface area contributed by atoms with Crippen LogP contribution in [-0.4, -0.2) is 59.8 Å². The molecule has 0 bridgehead atoms. The van der Waals surface area contributed by atoms with Gasteiger partial charge in [-0.1, -0.05) is 12.8 Å². The standard InChI is InChI=1S/C30H39N9O6/c1-4-38(25-13-14-26(21(2)19-25)37-36-23-9-11-24(12-10-23)39(43)44)17-18-45-30(42)32-16-8-6-5-7-15-31-29(41)35-28-33-22(3)20-27(40)34-28/h9-14,19-20H,4-8,15-18H2,1-3H3,(H,32,42)(H3,31,33,34,35,40,41). The Hall–Kier alpha value is -5.34. The number of nitro groups is 1. The molecule has 0 fully saturated rings. The second-order valence-corrected chi connectivity index (χ2v) is 10.1. The van der Waals surface area contributed by atoms with Crippen molar-refractivity contribution in [3.63, 3.8) is 0 Å². The van der Waals surface area contributed by atoms with E-state index in [0.717, 1.165) is 36.9 Å². The maximum absolute atomic E-state index is 12.1. The summed E-state index contributed by atoms with van der Waals surface area (Å²) in [6, 6.07) is 12.5. The number of likely N-dealkylation sites (N-methyl/N-ethyl adjacent to an activating group) is 1. The molecule has 240 valence electrons. The maximum atomic E-state index is 12.1. The molecule has 3 amide bonds. The number of nitrogens with zero attached hydrogens (tertiary/aromatic N) is 5. The van der Waals surface area contributed by atoms with Gasteiger partial charge in [-0.15, -0.1) is 0 Å². The minimum atomic E-state index is -0.467. The Morgan fingerprint density at radius 1 is 1.00 bits per heavy atom. The van der Waals surface area contributed by atoms with Gasteiger partial charge in [-0.2, -0.15) is 10.2 Å². The van der Waals surface area contributed by atoms with E-state index in [4.69, 9.17) is 4.74 Å². The van der Waals surface area contributed by atoms with E-state index in [9.17, 15) is 24.5 Å². The molecule has 0 radical (unpaired) electrons. The summed E-state index contributed by atoms with van der Waals surface area (Å²) in [5, 5.41) is 27.2. The number of aromatic amines is 1. The number of urea groups is 1. The lowest BCUT2D eigenvalue weighted by Crippen LogP contribution is -2.31. The molecular weight excluding hydrogens is 582 g/mol. The fraction of sp³-hybridized carbons (Fsp3) is 0.400. The second kappa shape index (κ2) is 17.7. The van der Waals surface area contributed by atoms with Gasteiger partial charge in [0.05, 0.1) is 22.8 Å². The van der Waals surface area contributed by atoms with Gasteiger partial charge in [0.1, 0.15) is 6.61 Å². The minimum absolute atomic E-state index is 0.00424. The van der Waals surface area contributed by atoms with Crippen LogP contribution in [0.1, 0.15) is 43.9 Å². The highest BCUT2D eigenvalue weighted by Crippen LogP contribution is 2.27. The van der Waals surface area contributed by atoms with Crippen molar-refractivity contribution in [2.45, 2.75) is 46.5 Å². The van der Waals surface area contributed by atoms with Crippen molar-refractivity contribution in [3.05, 3.63) is 80.3 Å². The smallest absolute Gasteiger partial charge is 0.407 e. The van der Waals surface area contributed by atoms with Crippen molar-refractivity contribution >= 4 is 40.8 Å². The number of nitrogens with one attached hydrogen (secondary N) is 4. The quantitative estimate of drug-likeness (QED) is 0.0681. The molecule has 0 spiro atoms. The molecule has 15 nitrogen and oxygen atoms in total. The zero-order valence-electron chi connectivity index (χ0n) is 25.7. The molecule has 0 unspecified atom stereocenters. The molecule has 0 aliphatic carbocycles. The Balaban J connectivity index is 1.28. The van der Waals surface area contributed by atoms with E-state index < -0.39 is 17.0 Å². The number of azo groups is 1. The lowest BCUT2D eigenvalue weighted by atomic mass is 10.1. The van der Waals surface area contributed by atoms with Gasteiger partial charge in [0.15, 0.2) is 0 Å². The Morgan fingerprint density at radius 2 is 1.71 bits per heavy atom. The monoisotopic (exact) mass is 621 g/mol. The number of benzene rings is 2. The zero-order chi connectivity index (χ0) is 32.6. The van der Waals surface area contributed by atoms with Crippen LogP contribution in [0.15, 0.2) is 63.6 Å². The SMILES string of the molecule is CCN(CCOC(=O)NCCCCCCNC(=O)Nc1nc(C)cc(=O)[nH]1)c1ccc(N=Nc2ccc([N+](=O)[O-])cc2)c(C)c1. The van der Waals surface area contributed by atoms with Gasteiger partial charge in [0.2, 0.25) is 5.95 Å². The predicted octanol–water partition coefficient (Wildman–Crippen LogP) is 5.64. The number of nitro benzene ring substituents is 1. The molecule has 4 N–H and O–H groups in total. The number of non-ortho nitro benzene ring substituents is 1. The van der Waals surface area contributed by atoms with Crippen LogP contribution in [0.4, 0.5) is 38.3 Å². The summed E-state index contributed by atoms with van der Waals surface area (Å²) in [6.45, 7) is 8.03. The van der Waals surface area contributed by atoms with Crippen LogP contribution in [0, 0.1) is 24.0 Å². The molecule has 45 heavy (non-hydrogen) atoms. The summed E-state index contributed by atoms with van der Waals surface area (Å²) < 4.78 is 5.35. The van der Waals surface area contributed by atoms with E-state index >= 15 is 0 Å². The number of ether oxygens (including phenoxy) is 1. The fourth-order valence-corrected chi connectivity index (χ4v) is 4.26. The molecule has 3 aromatic rings. The normalized spacial score (nSPS) is 10.8. The van der Waals surface area contributed by atoms with Crippen LogP contribution in [0.3, 0.4) is 0 Å². The Morgan fingerprint density at radius 3 is 2.36 bits per heavy atom. The second-order valence-electron chi connectivity index (χ2n) is 10.1. The number of unbranched alkanes of at least 4 members (excludes halogenated alkanes) is 3. The number of hydrogen-bond donors (Lipinski definition) is 4. The van der Waals surface area contributed by atoms with Crippen molar-refractivity contribution in [1.82, 2.24) is 20.6 Å². The number of amides is 3. The number of aromatic nitrogens is 2. The highest BCUT2D eigenvalue weighted by molar-refractivity contribution is 5.87. The first-order valence-corrected chi connectivity index (χ1v) is 14.7. The highest BCUT2D eigenvalue weighted by atomic mass is 16.6. The molecule has 0 aliphatic rings. The summed E-state index contributed by atoms with van der Waals surface area (Å²) in [7, 11) is 0. The first-order valence-electron chi connectivity index (χ1n) is 14.7. The molecule has 1 heterocycles. The molecule has 0 aliphatic heterocycles. The van der Waals surface area contributed by atoms with Gasteiger partial charge in [0, 0.05) is 49.2 Å². The van der Waals surface area contributed by atoms with Gasteiger partial charge >= 0.3 is 12.1 Å². The first-order chi connectivity index (χ1) is 21.6. The van der Waals surface area contributed by atoms with E-state index in [2.05, 4.69) is 41.0 Å². The third-order valence-corrected chi connectivity index (χ3v) is 6.62. The van der Waals surface area contributed by atoms with Crippen LogP contribution in [0.5, 0.6) is 0 Å². The summed E-state index contributed by atoms with van der Waals surface area (Å²) in [4.78, 5) is 54.4. The Kier molecular flexibility index (Phi) is 13.4. The average molecular weight is 622 g/mol. The van der Waals surface area contributed by atoms with Crippen LogP contribution >= 0.6 is 0 Å². The molecule has 0 atom stereocenters. The number of aryl methyl sites for hydroxylation is 2. The largest absolute Gasteiger partial charge is 0.448 e. The van der Waals surface area contributed by atoms with Gasteiger partial charge in [-0.25, -0.2) is 14.6 Å². The van der Waals surface area contributed by atoms with Gasteiger partial charge < -0.3 is 20.3 Å². The number of carbonyl (C=O) groups is 2. The lowest BCUT2D eigenvalue weighted by Gasteiger charge is -2.23. The van der Waals surface area contributed by atoms with Gasteiger partial charge in [-0.3, -0.25) is 25.2 Å². The van der Waals surface area contributed by atoms with Crippen LogP contribution in [0.25, 0.3) is 0 Å². The van der Waals surface area contributed by atoms with Crippen molar-refractivity contribution in [2.75, 3.05) is 43.0 Å². The number of hydrogen-bond acceptors (Lipinski definition) is 10. The molecule has 2 aromatic carbocycles. The lowest BCUT2D eigenvalue weighted by molar-refractivity contribution is -0.384. The fourth-order valence-electron chi connectivity index (χ4n) is 4.26. The third kappa shape index (κ3) is 12.1. The zero-order valence-corrected chi connectivity index (χ0v) is 25.7. The average Bonchev–Trinajstić information content (AvgIpc) is 2.99. The molecular formula is C30H39N9O6. The Labute approximate surface area is 260 Å². The van der Waals surface area contributed by atoms with Crippen LogP contribution in [0.2, 0.25) is 0 Å². The topological polar surface area (TPSA) is 196 Å². The summed E-state index contributed by atoms with van der Waals surface area (Å²) in [5.74, 6) is 0.102. The van der Waals surface area contributed by atoms with Crippen LogP contribution in [-0.2, 0) is 4.74 Å². The Bertz CT molecular complexity index is 1530. The number of carbonyl (C=O) groups excluding carboxylic acids is 2. The van der Waals surface area contributed by atoms with Crippen LogP contribution < -0.4 is 26.4 Å². The van der Waals surface area contributed by atoms with E-state index in [1.54, 1.807) is 19.1 Å². The van der Waals surface area contributed by atoms with Crippen molar-refractivity contribution in [3.8, 4) is 0 Å². The van der Waals surface area contributed by atoms with Crippen molar-refractivity contribution < 1.29 is 19.2 Å². The molecule has 1 aromatic heterocycles. The molecule has 3 rings (SSSR count). The number of H-pyrrole nitrogens is 1. The highest BCUT2D eigenvalue weighted by Gasteiger charge is 2.10.